The highest BCUT2D eigenvalue weighted by atomic mass is 35.5. The van der Waals surface area contributed by atoms with Gasteiger partial charge in [0.15, 0.2) is 0 Å². The van der Waals surface area contributed by atoms with Gasteiger partial charge in [-0.15, -0.1) is 11.8 Å². The lowest BCUT2D eigenvalue weighted by molar-refractivity contribution is 0.865. The number of aromatic nitrogens is 1. The van der Waals surface area contributed by atoms with Crippen LogP contribution in [0.15, 0.2) is 47.5 Å². The predicted molar refractivity (Wildman–Crippen MR) is 79.3 cm³/mol. The molecule has 0 saturated carbocycles. The first-order valence-corrected chi connectivity index (χ1v) is 7.35. The standard InChI is InChI=1S/C15H16ClNS/c1-11(2)12-5-7-14(8-6-12)18-10-13-4-3-9-17-15(13)16/h3-9,11H,10H2,1-2H3. The van der Waals surface area contributed by atoms with Crippen LogP contribution in [0.5, 0.6) is 0 Å². The largest absolute Gasteiger partial charge is 0.244 e. The van der Waals surface area contributed by atoms with Gasteiger partial charge < -0.3 is 0 Å². The fraction of sp³-hybridized carbons (Fsp3) is 0.267. The Kier molecular flexibility index (Phi) is 4.67. The number of thioether (sulfide) groups is 1. The molecular weight excluding hydrogens is 262 g/mol. The fourth-order valence-corrected chi connectivity index (χ4v) is 2.79. The summed E-state index contributed by atoms with van der Waals surface area (Å²) in [6.45, 7) is 4.41. The molecule has 1 nitrogen and oxygen atoms in total. The molecule has 0 radical (unpaired) electrons. The van der Waals surface area contributed by atoms with Gasteiger partial charge in [-0.25, -0.2) is 4.98 Å². The van der Waals surface area contributed by atoms with E-state index in [0.717, 1.165) is 11.3 Å². The lowest BCUT2D eigenvalue weighted by Crippen LogP contribution is -1.87. The van der Waals surface area contributed by atoms with Crippen LogP contribution in [0.2, 0.25) is 5.15 Å². The van der Waals surface area contributed by atoms with Gasteiger partial charge >= 0.3 is 0 Å². The summed E-state index contributed by atoms with van der Waals surface area (Å²) in [6.07, 6.45) is 1.72. The van der Waals surface area contributed by atoms with Crippen LogP contribution in [-0.2, 0) is 5.75 Å². The van der Waals surface area contributed by atoms with Crippen LogP contribution in [0.3, 0.4) is 0 Å². The molecule has 0 aliphatic carbocycles. The van der Waals surface area contributed by atoms with E-state index in [1.807, 2.05) is 12.1 Å². The van der Waals surface area contributed by atoms with Crippen molar-refractivity contribution in [3.8, 4) is 0 Å². The molecule has 0 aliphatic heterocycles. The lowest BCUT2D eigenvalue weighted by atomic mass is 10.0. The molecule has 2 aromatic rings. The molecule has 0 N–H and O–H groups in total. The summed E-state index contributed by atoms with van der Waals surface area (Å²) in [5, 5.41) is 0.601. The Balaban J connectivity index is 2.00. The smallest absolute Gasteiger partial charge is 0.133 e. The highest BCUT2D eigenvalue weighted by Crippen LogP contribution is 2.26. The summed E-state index contributed by atoms with van der Waals surface area (Å²) in [6, 6.07) is 12.7. The Morgan fingerprint density at radius 3 is 2.50 bits per heavy atom. The van der Waals surface area contributed by atoms with Crippen LogP contribution in [0.25, 0.3) is 0 Å². The Bertz CT molecular complexity index is 508. The van der Waals surface area contributed by atoms with E-state index >= 15 is 0 Å². The van der Waals surface area contributed by atoms with E-state index in [1.54, 1.807) is 18.0 Å². The predicted octanol–water partition coefficient (Wildman–Crippen LogP) is 5.15. The van der Waals surface area contributed by atoms with Crippen LogP contribution in [0.4, 0.5) is 0 Å². The van der Waals surface area contributed by atoms with E-state index in [1.165, 1.54) is 10.5 Å². The zero-order valence-electron chi connectivity index (χ0n) is 10.6. The van der Waals surface area contributed by atoms with E-state index in [-0.39, 0.29) is 0 Å². The van der Waals surface area contributed by atoms with E-state index in [9.17, 15) is 0 Å². The number of pyridine rings is 1. The average Bonchev–Trinajstić information content (AvgIpc) is 2.38. The van der Waals surface area contributed by atoms with Crippen LogP contribution in [0, 0.1) is 0 Å². The molecule has 94 valence electrons. The maximum Gasteiger partial charge on any atom is 0.133 e. The van der Waals surface area contributed by atoms with E-state index in [4.69, 9.17) is 11.6 Å². The summed E-state index contributed by atoms with van der Waals surface area (Å²) in [4.78, 5) is 5.34. The second-order valence-corrected chi connectivity index (χ2v) is 5.87. The van der Waals surface area contributed by atoms with Gasteiger partial charge in [-0.2, -0.15) is 0 Å². The van der Waals surface area contributed by atoms with Crippen molar-refractivity contribution in [3.63, 3.8) is 0 Å². The number of halogens is 1. The Labute approximate surface area is 118 Å². The highest BCUT2D eigenvalue weighted by Gasteiger charge is 2.03. The van der Waals surface area contributed by atoms with Crippen molar-refractivity contribution in [2.75, 3.05) is 0 Å². The number of benzene rings is 1. The zero-order chi connectivity index (χ0) is 13.0. The van der Waals surface area contributed by atoms with Crippen molar-refractivity contribution in [1.82, 2.24) is 4.98 Å². The molecular formula is C15H16ClNS. The van der Waals surface area contributed by atoms with Gasteiger partial charge in [0.2, 0.25) is 0 Å². The maximum atomic E-state index is 6.03. The van der Waals surface area contributed by atoms with Crippen LogP contribution < -0.4 is 0 Å². The van der Waals surface area contributed by atoms with Gasteiger partial charge in [0.05, 0.1) is 0 Å². The van der Waals surface area contributed by atoms with Crippen molar-refractivity contribution in [2.24, 2.45) is 0 Å². The molecule has 0 saturated heterocycles. The second kappa shape index (κ2) is 6.26. The van der Waals surface area contributed by atoms with E-state index in [0.29, 0.717) is 11.1 Å². The van der Waals surface area contributed by atoms with E-state index < -0.39 is 0 Å². The van der Waals surface area contributed by atoms with Crippen LogP contribution in [0.1, 0.15) is 30.9 Å². The van der Waals surface area contributed by atoms with Crippen LogP contribution in [-0.4, -0.2) is 4.98 Å². The summed E-state index contributed by atoms with van der Waals surface area (Å²) >= 11 is 7.82. The minimum absolute atomic E-state index is 0.580. The second-order valence-electron chi connectivity index (χ2n) is 4.47. The van der Waals surface area contributed by atoms with Crippen LogP contribution >= 0.6 is 23.4 Å². The van der Waals surface area contributed by atoms with Crippen molar-refractivity contribution >= 4 is 23.4 Å². The molecule has 0 aliphatic rings. The minimum Gasteiger partial charge on any atom is -0.244 e. The third-order valence-electron chi connectivity index (χ3n) is 2.78. The highest BCUT2D eigenvalue weighted by molar-refractivity contribution is 7.98. The Morgan fingerprint density at radius 2 is 1.89 bits per heavy atom. The molecule has 0 amide bonds. The Hall–Kier alpha value is -0.990. The Morgan fingerprint density at radius 1 is 1.17 bits per heavy atom. The van der Waals surface area contributed by atoms with Gasteiger partial charge in [0.1, 0.15) is 5.15 Å². The molecule has 1 heterocycles. The van der Waals surface area contributed by atoms with Crippen molar-refractivity contribution in [3.05, 3.63) is 58.9 Å². The van der Waals surface area contributed by atoms with Crippen molar-refractivity contribution < 1.29 is 0 Å². The quantitative estimate of drug-likeness (QED) is 0.566. The monoisotopic (exact) mass is 277 g/mol. The van der Waals surface area contributed by atoms with Gasteiger partial charge in [0.25, 0.3) is 0 Å². The number of hydrogen-bond acceptors (Lipinski definition) is 2. The molecule has 0 bridgehead atoms. The summed E-state index contributed by atoms with van der Waals surface area (Å²) < 4.78 is 0. The average molecular weight is 278 g/mol. The van der Waals surface area contributed by atoms with Crippen molar-refractivity contribution in [1.29, 1.82) is 0 Å². The molecule has 1 aromatic heterocycles. The van der Waals surface area contributed by atoms with Gasteiger partial charge in [-0.05, 0) is 35.2 Å². The van der Waals surface area contributed by atoms with Gasteiger partial charge in [0, 0.05) is 16.8 Å². The minimum atomic E-state index is 0.580. The summed E-state index contributed by atoms with van der Waals surface area (Å²) in [5.74, 6) is 1.44. The molecule has 0 fully saturated rings. The first-order valence-electron chi connectivity index (χ1n) is 5.99. The first-order chi connectivity index (χ1) is 8.66. The van der Waals surface area contributed by atoms with E-state index in [2.05, 4.69) is 43.1 Å². The normalized spacial score (nSPS) is 10.9. The zero-order valence-corrected chi connectivity index (χ0v) is 12.1. The molecule has 18 heavy (non-hydrogen) atoms. The SMILES string of the molecule is CC(C)c1ccc(SCc2cccnc2Cl)cc1. The number of nitrogens with zero attached hydrogens (tertiary/aromatic N) is 1. The maximum absolute atomic E-state index is 6.03. The molecule has 1 aromatic carbocycles. The first kappa shape index (κ1) is 13.4. The van der Waals surface area contributed by atoms with Gasteiger partial charge in [-0.1, -0.05) is 43.6 Å². The lowest BCUT2D eigenvalue weighted by Gasteiger charge is -2.07. The molecule has 0 unspecified atom stereocenters. The number of hydrogen-bond donors (Lipinski definition) is 0. The molecule has 0 spiro atoms. The molecule has 2 rings (SSSR count). The molecule has 0 atom stereocenters. The number of rotatable bonds is 4. The fourth-order valence-electron chi connectivity index (χ4n) is 1.64. The third-order valence-corrected chi connectivity index (χ3v) is 4.18. The van der Waals surface area contributed by atoms with Gasteiger partial charge in [-0.3, -0.25) is 0 Å². The summed E-state index contributed by atoms with van der Waals surface area (Å²) in [7, 11) is 0. The summed E-state index contributed by atoms with van der Waals surface area (Å²) in [5.41, 5.74) is 2.45. The topological polar surface area (TPSA) is 12.9 Å². The third kappa shape index (κ3) is 3.50. The molecule has 3 heteroatoms. The van der Waals surface area contributed by atoms with Crippen molar-refractivity contribution in [2.45, 2.75) is 30.4 Å².